The van der Waals surface area contributed by atoms with Gasteiger partial charge in [-0.15, -0.1) is 0 Å². The standard InChI is InChI=1S/C14H16ClN3O2/c15-11-5-3-10(4-6-11)14-16-13(20-17-14)9-18-7-1-2-12(19)8-18/h3-6,12,19H,1-2,7-9H2/t12-/m0/s1. The molecule has 106 valence electrons. The second-order valence-corrected chi connectivity index (χ2v) is 5.49. The lowest BCUT2D eigenvalue weighted by molar-refractivity contribution is 0.0613. The van der Waals surface area contributed by atoms with E-state index in [2.05, 4.69) is 15.0 Å². The Morgan fingerprint density at radius 1 is 1.35 bits per heavy atom. The predicted molar refractivity (Wildman–Crippen MR) is 75.3 cm³/mol. The maximum absolute atomic E-state index is 9.65. The summed E-state index contributed by atoms with van der Waals surface area (Å²) in [4.78, 5) is 6.52. The molecule has 1 N–H and O–H groups in total. The maximum atomic E-state index is 9.65. The molecule has 0 aliphatic carbocycles. The molecule has 0 saturated carbocycles. The Balaban J connectivity index is 1.69. The molecule has 0 unspecified atom stereocenters. The Hall–Kier alpha value is -1.43. The highest BCUT2D eigenvalue weighted by Crippen LogP contribution is 2.19. The molecular formula is C14H16ClN3O2. The van der Waals surface area contributed by atoms with Crippen LogP contribution in [0.1, 0.15) is 18.7 Å². The number of aliphatic hydroxyl groups excluding tert-OH is 1. The normalized spacial score (nSPS) is 20.2. The van der Waals surface area contributed by atoms with Crippen LogP contribution in [0.2, 0.25) is 5.02 Å². The Labute approximate surface area is 122 Å². The van der Waals surface area contributed by atoms with Gasteiger partial charge < -0.3 is 9.63 Å². The average molecular weight is 294 g/mol. The van der Waals surface area contributed by atoms with Crippen molar-refractivity contribution in [2.75, 3.05) is 13.1 Å². The van der Waals surface area contributed by atoms with Crippen LogP contribution in [-0.4, -0.2) is 39.3 Å². The molecule has 3 rings (SSSR count). The highest BCUT2D eigenvalue weighted by Gasteiger charge is 2.20. The van der Waals surface area contributed by atoms with Crippen LogP contribution >= 0.6 is 11.6 Å². The molecule has 1 saturated heterocycles. The van der Waals surface area contributed by atoms with E-state index in [4.69, 9.17) is 16.1 Å². The van der Waals surface area contributed by atoms with Crippen LogP contribution in [0, 0.1) is 0 Å². The van der Waals surface area contributed by atoms with E-state index in [-0.39, 0.29) is 6.10 Å². The number of hydrogen-bond donors (Lipinski definition) is 1. The molecule has 1 atom stereocenters. The van der Waals surface area contributed by atoms with Crippen molar-refractivity contribution < 1.29 is 9.63 Å². The van der Waals surface area contributed by atoms with E-state index in [9.17, 15) is 5.11 Å². The molecule has 1 aromatic heterocycles. The first-order valence-electron chi connectivity index (χ1n) is 6.69. The monoisotopic (exact) mass is 293 g/mol. The van der Waals surface area contributed by atoms with Gasteiger partial charge in [0.1, 0.15) is 0 Å². The Kier molecular flexibility index (Phi) is 4.00. The lowest BCUT2D eigenvalue weighted by Gasteiger charge is -2.28. The van der Waals surface area contributed by atoms with Gasteiger partial charge in [-0.3, -0.25) is 4.90 Å². The molecule has 2 heterocycles. The van der Waals surface area contributed by atoms with Crippen LogP contribution in [0.25, 0.3) is 11.4 Å². The van der Waals surface area contributed by atoms with E-state index in [1.54, 1.807) is 12.1 Å². The number of rotatable bonds is 3. The van der Waals surface area contributed by atoms with Crippen LogP contribution in [0.5, 0.6) is 0 Å². The number of likely N-dealkylation sites (tertiary alicyclic amines) is 1. The first-order chi connectivity index (χ1) is 9.70. The van der Waals surface area contributed by atoms with Crippen molar-refractivity contribution in [1.29, 1.82) is 0 Å². The van der Waals surface area contributed by atoms with Gasteiger partial charge in [0.05, 0.1) is 12.6 Å². The molecule has 1 aromatic carbocycles. The first-order valence-corrected chi connectivity index (χ1v) is 7.07. The van der Waals surface area contributed by atoms with Gasteiger partial charge in [-0.05, 0) is 43.7 Å². The molecule has 1 aliphatic rings. The van der Waals surface area contributed by atoms with Gasteiger partial charge in [-0.1, -0.05) is 16.8 Å². The van der Waals surface area contributed by atoms with Crippen molar-refractivity contribution in [2.24, 2.45) is 0 Å². The van der Waals surface area contributed by atoms with Gasteiger partial charge in [0.15, 0.2) is 0 Å². The highest BCUT2D eigenvalue weighted by molar-refractivity contribution is 6.30. The number of benzene rings is 1. The van der Waals surface area contributed by atoms with Crippen LogP contribution < -0.4 is 0 Å². The third-order valence-corrected chi connectivity index (χ3v) is 3.66. The number of β-amino-alcohol motifs (C(OH)–C–C–N with tert-alkyl or cyclic N) is 1. The van der Waals surface area contributed by atoms with E-state index in [1.165, 1.54) is 0 Å². The summed E-state index contributed by atoms with van der Waals surface area (Å²) in [6.45, 7) is 2.20. The van der Waals surface area contributed by atoms with Crippen LogP contribution in [0.4, 0.5) is 0 Å². The van der Waals surface area contributed by atoms with Crippen molar-refractivity contribution in [2.45, 2.75) is 25.5 Å². The zero-order chi connectivity index (χ0) is 13.9. The van der Waals surface area contributed by atoms with Gasteiger partial charge in [0.2, 0.25) is 11.7 Å². The summed E-state index contributed by atoms with van der Waals surface area (Å²) < 4.78 is 5.27. The van der Waals surface area contributed by atoms with Crippen molar-refractivity contribution in [3.05, 3.63) is 35.2 Å². The smallest absolute Gasteiger partial charge is 0.241 e. The molecule has 1 aliphatic heterocycles. The maximum Gasteiger partial charge on any atom is 0.241 e. The second-order valence-electron chi connectivity index (χ2n) is 5.05. The topological polar surface area (TPSA) is 62.4 Å². The van der Waals surface area contributed by atoms with Crippen molar-refractivity contribution in [3.63, 3.8) is 0 Å². The van der Waals surface area contributed by atoms with Crippen molar-refractivity contribution in [1.82, 2.24) is 15.0 Å². The first kappa shape index (κ1) is 13.5. The molecule has 0 bridgehead atoms. The number of nitrogens with zero attached hydrogens (tertiary/aromatic N) is 3. The lowest BCUT2D eigenvalue weighted by atomic mass is 10.1. The number of piperidine rings is 1. The zero-order valence-electron chi connectivity index (χ0n) is 11.0. The van der Waals surface area contributed by atoms with E-state index in [1.807, 2.05) is 12.1 Å². The van der Waals surface area contributed by atoms with Gasteiger partial charge in [0.25, 0.3) is 0 Å². The van der Waals surface area contributed by atoms with Gasteiger partial charge in [-0.2, -0.15) is 4.98 Å². The predicted octanol–water partition coefficient (Wildman–Crippen LogP) is 2.35. The fourth-order valence-corrected chi connectivity index (χ4v) is 2.53. The van der Waals surface area contributed by atoms with E-state index in [0.29, 0.717) is 29.8 Å². The number of halogens is 1. The molecule has 5 nitrogen and oxygen atoms in total. The molecule has 1 fully saturated rings. The quantitative estimate of drug-likeness (QED) is 0.941. The minimum absolute atomic E-state index is 0.248. The third kappa shape index (κ3) is 3.17. The summed E-state index contributed by atoms with van der Waals surface area (Å²) in [5, 5.41) is 14.3. The minimum Gasteiger partial charge on any atom is -0.392 e. The fourth-order valence-electron chi connectivity index (χ4n) is 2.40. The summed E-state index contributed by atoms with van der Waals surface area (Å²) >= 11 is 5.85. The Morgan fingerprint density at radius 2 is 2.15 bits per heavy atom. The Bertz CT molecular complexity index is 570. The SMILES string of the molecule is O[C@H]1CCCN(Cc2nc(-c3ccc(Cl)cc3)no2)C1. The average Bonchev–Trinajstić information content (AvgIpc) is 2.88. The summed E-state index contributed by atoms with van der Waals surface area (Å²) in [5.41, 5.74) is 0.878. The van der Waals surface area contributed by atoms with Crippen molar-refractivity contribution in [3.8, 4) is 11.4 Å². The van der Waals surface area contributed by atoms with Gasteiger partial charge in [0, 0.05) is 17.1 Å². The molecule has 0 spiro atoms. The van der Waals surface area contributed by atoms with Gasteiger partial charge in [-0.25, -0.2) is 0 Å². The second kappa shape index (κ2) is 5.91. The van der Waals surface area contributed by atoms with Crippen LogP contribution in [-0.2, 0) is 6.54 Å². The summed E-state index contributed by atoms with van der Waals surface area (Å²) in [6.07, 6.45) is 1.62. The van der Waals surface area contributed by atoms with Crippen LogP contribution in [0.3, 0.4) is 0 Å². The molecule has 0 radical (unpaired) electrons. The summed E-state index contributed by atoms with van der Waals surface area (Å²) in [7, 11) is 0. The molecule has 20 heavy (non-hydrogen) atoms. The molecular weight excluding hydrogens is 278 g/mol. The van der Waals surface area contributed by atoms with E-state index in [0.717, 1.165) is 24.9 Å². The zero-order valence-corrected chi connectivity index (χ0v) is 11.8. The fraction of sp³-hybridized carbons (Fsp3) is 0.429. The largest absolute Gasteiger partial charge is 0.392 e. The number of aromatic nitrogens is 2. The minimum atomic E-state index is -0.248. The summed E-state index contributed by atoms with van der Waals surface area (Å²) in [5.74, 6) is 1.14. The lowest BCUT2D eigenvalue weighted by Crippen LogP contribution is -2.37. The molecule has 0 amide bonds. The van der Waals surface area contributed by atoms with E-state index >= 15 is 0 Å². The van der Waals surface area contributed by atoms with Crippen LogP contribution in [0.15, 0.2) is 28.8 Å². The molecule has 6 heteroatoms. The third-order valence-electron chi connectivity index (χ3n) is 3.41. The molecule has 2 aromatic rings. The highest BCUT2D eigenvalue weighted by atomic mass is 35.5. The number of aliphatic hydroxyl groups is 1. The summed E-state index contributed by atoms with van der Waals surface area (Å²) in [6, 6.07) is 7.32. The van der Waals surface area contributed by atoms with E-state index < -0.39 is 0 Å². The van der Waals surface area contributed by atoms with Crippen molar-refractivity contribution >= 4 is 11.6 Å². The number of hydrogen-bond acceptors (Lipinski definition) is 5. The Morgan fingerprint density at radius 3 is 2.90 bits per heavy atom. The van der Waals surface area contributed by atoms with Gasteiger partial charge >= 0.3 is 0 Å².